The number of esters is 1. The van der Waals surface area contributed by atoms with E-state index in [1.54, 1.807) is 6.08 Å². The van der Waals surface area contributed by atoms with Crippen LogP contribution in [0.1, 0.15) is 18.2 Å². The molecule has 0 amide bonds. The number of furan rings is 1. The number of hydrogen-bond donors (Lipinski definition) is 0. The van der Waals surface area contributed by atoms with E-state index in [-0.39, 0.29) is 17.5 Å². The fraction of sp³-hybridized carbons (Fsp3) is 0.278. The van der Waals surface area contributed by atoms with Gasteiger partial charge in [-0.15, -0.1) is 0 Å². The van der Waals surface area contributed by atoms with Crippen molar-refractivity contribution in [3.05, 3.63) is 53.8 Å². The van der Waals surface area contributed by atoms with Crippen molar-refractivity contribution in [1.29, 1.82) is 0 Å². The van der Waals surface area contributed by atoms with E-state index in [0.29, 0.717) is 6.61 Å². The van der Waals surface area contributed by atoms with Crippen molar-refractivity contribution in [3.8, 4) is 5.75 Å². The van der Waals surface area contributed by atoms with Crippen LogP contribution in [-0.4, -0.2) is 39.4 Å². The quantitative estimate of drug-likeness (QED) is 0.518. The van der Waals surface area contributed by atoms with E-state index in [2.05, 4.69) is 0 Å². The molecule has 0 aliphatic rings. The average molecular weight is 379 g/mol. The summed E-state index contributed by atoms with van der Waals surface area (Å²) in [5.41, 5.74) is 0.822. The van der Waals surface area contributed by atoms with Crippen LogP contribution in [0, 0.1) is 0 Å². The van der Waals surface area contributed by atoms with Crippen molar-refractivity contribution in [1.82, 2.24) is 4.31 Å². The first-order valence-electron chi connectivity index (χ1n) is 7.92. The number of sulfonamides is 1. The van der Waals surface area contributed by atoms with Gasteiger partial charge in [-0.05, 0) is 42.8 Å². The van der Waals surface area contributed by atoms with Crippen LogP contribution in [0.4, 0.5) is 0 Å². The first-order chi connectivity index (χ1) is 12.3. The predicted molar refractivity (Wildman–Crippen MR) is 96.0 cm³/mol. The van der Waals surface area contributed by atoms with Crippen molar-refractivity contribution in [3.63, 3.8) is 0 Å². The summed E-state index contributed by atoms with van der Waals surface area (Å²) in [5, 5.41) is -0.196. The molecular weight excluding hydrogens is 358 g/mol. The lowest BCUT2D eigenvalue weighted by Gasteiger charge is -2.07. The molecule has 0 saturated heterocycles. The molecule has 1 aromatic carbocycles. The van der Waals surface area contributed by atoms with E-state index in [1.165, 1.54) is 32.3 Å². The molecule has 2 rings (SSSR count). The summed E-state index contributed by atoms with van der Waals surface area (Å²) in [6.45, 7) is 2.34. The number of carbonyl (C=O) groups is 1. The number of carbonyl (C=O) groups excluding carboxylic acids is 1. The Hall–Kier alpha value is -2.58. The van der Waals surface area contributed by atoms with Crippen LogP contribution in [0.5, 0.6) is 5.75 Å². The van der Waals surface area contributed by atoms with Gasteiger partial charge in [0.05, 0.1) is 6.61 Å². The van der Waals surface area contributed by atoms with Gasteiger partial charge >= 0.3 is 5.97 Å². The number of benzene rings is 1. The zero-order valence-corrected chi connectivity index (χ0v) is 15.7. The summed E-state index contributed by atoms with van der Waals surface area (Å²) in [6, 6.07) is 10.0. The molecule has 0 fully saturated rings. The molecule has 2 aromatic rings. The van der Waals surface area contributed by atoms with Crippen LogP contribution >= 0.6 is 0 Å². The van der Waals surface area contributed by atoms with E-state index in [4.69, 9.17) is 13.9 Å². The average Bonchev–Trinajstić information content (AvgIpc) is 3.09. The van der Waals surface area contributed by atoms with Crippen LogP contribution in [0.15, 0.2) is 52.0 Å². The lowest BCUT2D eigenvalue weighted by Crippen LogP contribution is -2.21. The largest absolute Gasteiger partial charge is 0.494 e. The fourth-order valence-corrected chi connectivity index (χ4v) is 2.76. The van der Waals surface area contributed by atoms with E-state index in [0.717, 1.165) is 15.6 Å². The van der Waals surface area contributed by atoms with Gasteiger partial charge in [-0.25, -0.2) is 17.5 Å². The summed E-state index contributed by atoms with van der Waals surface area (Å²) >= 11 is 0. The molecule has 0 spiro atoms. The SMILES string of the molecule is CCOc1ccc(/C=C/C(=O)OCc2ccc(S(=O)(=O)N(C)C)o2)cc1. The van der Waals surface area contributed by atoms with Crippen molar-refractivity contribution >= 4 is 22.1 Å². The Balaban J connectivity index is 1.90. The Labute approximate surface area is 152 Å². The maximum absolute atomic E-state index is 11.9. The first kappa shape index (κ1) is 19.7. The lowest BCUT2D eigenvalue weighted by molar-refractivity contribution is -0.139. The maximum atomic E-state index is 11.9. The molecule has 7 nitrogen and oxygen atoms in total. The Morgan fingerprint density at radius 1 is 1.15 bits per heavy atom. The smallest absolute Gasteiger partial charge is 0.331 e. The standard InChI is InChI=1S/C18H21NO6S/c1-4-23-15-8-5-14(6-9-15)7-11-17(20)24-13-16-10-12-18(25-16)26(21,22)19(2)3/h5-12H,4,13H2,1-3H3/b11-7+. The van der Waals surface area contributed by atoms with Gasteiger partial charge in [0, 0.05) is 20.2 Å². The number of hydrogen-bond acceptors (Lipinski definition) is 6. The summed E-state index contributed by atoms with van der Waals surface area (Å²) < 4.78 is 40.5. The molecule has 0 radical (unpaired) electrons. The van der Waals surface area contributed by atoms with Gasteiger partial charge in [0.1, 0.15) is 18.1 Å². The maximum Gasteiger partial charge on any atom is 0.331 e. The molecule has 0 atom stereocenters. The van der Waals surface area contributed by atoms with Gasteiger partial charge in [0.25, 0.3) is 10.0 Å². The Kier molecular flexibility index (Phi) is 6.59. The fourth-order valence-electron chi connectivity index (χ4n) is 1.95. The second-order valence-electron chi connectivity index (χ2n) is 5.45. The van der Waals surface area contributed by atoms with Gasteiger partial charge in [-0.2, -0.15) is 0 Å². The summed E-state index contributed by atoms with van der Waals surface area (Å²) in [6.07, 6.45) is 2.90. The van der Waals surface area contributed by atoms with E-state index < -0.39 is 16.0 Å². The molecule has 8 heteroatoms. The minimum Gasteiger partial charge on any atom is -0.494 e. The minimum absolute atomic E-state index is 0.157. The molecule has 0 saturated carbocycles. The molecule has 1 aromatic heterocycles. The van der Waals surface area contributed by atoms with Crippen LogP contribution in [0.3, 0.4) is 0 Å². The summed E-state index contributed by atoms with van der Waals surface area (Å²) in [5.74, 6) is 0.439. The van der Waals surface area contributed by atoms with Crippen molar-refractivity contribution < 1.29 is 27.1 Å². The topological polar surface area (TPSA) is 86.0 Å². The highest BCUT2D eigenvalue weighted by atomic mass is 32.2. The molecular formula is C18H21NO6S. The van der Waals surface area contributed by atoms with Crippen LogP contribution in [-0.2, 0) is 26.2 Å². The Morgan fingerprint density at radius 3 is 2.46 bits per heavy atom. The Morgan fingerprint density at radius 2 is 1.85 bits per heavy atom. The minimum atomic E-state index is -3.65. The van der Waals surface area contributed by atoms with E-state index >= 15 is 0 Å². The van der Waals surface area contributed by atoms with E-state index in [1.807, 2.05) is 31.2 Å². The van der Waals surface area contributed by atoms with Crippen molar-refractivity contribution in [2.45, 2.75) is 18.6 Å². The van der Waals surface area contributed by atoms with Crippen LogP contribution in [0.2, 0.25) is 0 Å². The third-order valence-electron chi connectivity index (χ3n) is 3.33. The van der Waals surface area contributed by atoms with Gasteiger partial charge in [0.15, 0.2) is 0 Å². The number of nitrogens with zero attached hydrogens (tertiary/aromatic N) is 1. The predicted octanol–water partition coefficient (Wildman–Crippen LogP) is 2.69. The molecule has 0 N–H and O–H groups in total. The van der Waals surface area contributed by atoms with Gasteiger partial charge in [-0.1, -0.05) is 12.1 Å². The molecule has 1 heterocycles. The molecule has 0 aliphatic carbocycles. The number of rotatable bonds is 8. The van der Waals surface area contributed by atoms with Crippen LogP contribution in [0.25, 0.3) is 6.08 Å². The second-order valence-corrected chi connectivity index (χ2v) is 7.53. The zero-order valence-electron chi connectivity index (χ0n) is 14.8. The van der Waals surface area contributed by atoms with Crippen molar-refractivity contribution in [2.24, 2.45) is 0 Å². The summed E-state index contributed by atoms with van der Waals surface area (Å²) in [4.78, 5) is 11.8. The zero-order chi connectivity index (χ0) is 19.2. The van der Waals surface area contributed by atoms with Gasteiger partial charge < -0.3 is 13.9 Å². The highest BCUT2D eigenvalue weighted by Gasteiger charge is 2.21. The monoisotopic (exact) mass is 379 g/mol. The van der Waals surface area contributed by atoms with Crippen molar-refractivity contribution in [2.75, 3.05) is 20.7 Å². The highest BCUT2D eigenvalue weighted by molar-refractivity contribution is 7.88. The first-order valence-corrected chi connectivity index (χ1v) is 9.36. The third-order valence-corrected chi connectivity index (χ3v) is 5.02. The molecule has 26 heavy (non-hydrogen) atoms. The van der Waals surface area contributed by atoms with Crippen LogP contribution < -0.4 is 4.74 Å². The molecule has 0 bridgehead atoms. The third kappa shape index (κ3) is 5.21. The highest BCUT2D eigenvalue weighted by Crippen LogP contribution is 2.17. The normalized spacial score (nSPS) is 11.8. The molecule has 140 valence electrons. The van der Waals surface area contributed by atoms with Gasteiger partial charge in [0.2, 0.25) is 5.09 Å². The number of ether oxygens (including phenoxy) is 2. The lowest BCUT2D eigenvalue weighted by atomic mass is 10.2. The summed E-state index contributed by atoms with van der Waals surface area (Å²) in [7, 11) is -0.835. The molecule has 0 unspecified atom stereocenters. The van der Waals surface area contributed by atoms with E-state index in [9.17, 15) is 13.2 Å². The second kappa shape index (κ2) is 8.68. The van der Waals surface area contributed by atoms with Gasteiger partial charge in [-0.3, -0.25) is 0 Å². The molecule has 0 aliphatic heterocycles. The Bertz CT molecular complexity index is 865.